The molecule has 0 aliphatic rings. The van der Waals surface area contributed by atoms with E-state index in [-0.39, 0.29) is 6.54 Å². The van der Waals surface area contributed by atoms with Gasteiger partial charge in [-0.3, -0.25) is 0 Å². The molecule has 2 aromatic rings. The average molecular weight is 172 g/mol. The van der Waals surface area contributed by atoms with Crippen molar-refractivity contribution in [1.82, 2.24) is 15.0 Å². The van der Waals surface area contributed by atoms with E-state index in [0.717, 1.165) is 16.6 Å². The minimum Gasteiger partial charge on any atom is -0.196 e. The van der Waals surface area contributed by atoms with Crippen LogP contribution in [-0.4, -0.2) is 15.0 Å². The van der Waals surface area contributed by atoms with Gasteiger partial charge in [0.25, 0.3) is 0 Å². The molecule has 4 nitrogen and oxygen atoms in total. The maximum atomic E-state index is 8.45. The van der Waals surface area contributed by atoms with Crippen LogP contribution in [-0.2, 0) is 6.54 Å². The van der Waals surface area contributed by atoms with Crippen LogP contribution in [0.1, 0.15) is 5.56 Å². The molecule has 0 bridgehead atoms. The lowest BCUT2D eigenvalue weighted by Crippen LogP contribution is -1.98. The van der Waals surface area contributed by atoms with Gasteiger partial charge in [-0.15, -0.1) is 0 Å². The summed E-state index contributed by atoms with van der Waals surface area (Å²) in [6.45, 7) is 2.20. The fourth-order valence-corrected chi connectivity index (χ4v) is 1.20. The fraction of sp³-hybridized carbons (Fsp3) is 0.222. The minimum atomic E-state index is 0.202. The van der Waals surface area contributed by atoms with Crippen LogP contribution in [0.4, 0.5) is 0 Å². The van der Waals surface area contributed by atoms with Crippen LogP contribution in [0.2, 0.25) is 0 Å². The number of nitrogens with zero attached hydrogens (tertiary/aromatic N) is 4. The highest BCUT2D eigenvalue weighted by Gasteiger charge is 2.00. The van der Waals surface area contributed by atoms with Crippen LogP contribution in [0, 0.1) is 18.3 Å². The minimum absolute atomic E-state index is 0.202. The van der Waals surface area contributed by atoms with E-state index in [2.05, 4.69) is 10.2 Å². The van der Waals surface area contributed by atoms with Crippen LogP contribution in [0.5, 0.6) is 0 Å². The Morgan fingerprint density at radius 3 is 2.92 bits per heavy atom. The topological polar surface area (TPSA) is 54.5 Å². The molecule has 0 spiro atoms. The Morgan fingerprint density at radius 2 is 2.15 bits per heavy atom. The molecule has 64 valence electrons. The van der Waals surface area contributed by atoms with Crippen molar-refractivity contribution in [3.8, 4) is 6.07 Å². The molecule has 0 saturated heterocycles. The second kappa shape index (κ2) is 2.87. The highest BCUT2D eigenvalue weighted by Crippen LogP contribution is 2.10. The van der Waals surface area contributed by atoms with Crippen molar-refractivity contribution in [2.45, 2.75) is 13.5 Å². The van der Waals surface area contributed by atoms with Crippen molar-refractivity contribution < 1.29 is 0 Å². The second-order valence-corrected chi connectivity index (χ2v) is 2.88. The lowest BCUT2D eigenvalue weighted by Gasteiger charge is -1.87. The van der Waals surface area contributed by atoms with Gasteiger partial charge in [0.2, 0.25) is 0 Å². The molecule has 2 rings (SSSR count). The van der Waals surface area contributed by atoms with E-state index in [1.165, 1.54) is 4.80 Å². The molecule has 0 N–H and O–H groups in total. The molecule has 0 radical (unpaired) electrons. The summed E-state index contributed by atoms with van der Waals surface area (Å²) >= 11 is 0. The van der Waals surface area contributed by atoms with E-state index in [0.29, 0.717) is 0 Å². The van der Waals surface area contributed by atoms with E-state index in [9.17, 15) is 0 Å². The number of rotatable bonds is 1. The third-order valence-electron chi connectivity index (χ3n) is 1.79. The quantitative estimate of drug-likeness (QED) is 0.650. The van der Waals surface area contributed by atoms with Crippen LogP contribution >= 0.6 is 0 Å². The predicted molar refractivity (Wildman–Crippen MR) is 47.9 cm³/mol. The number of aromatic nitrogens is 3. The average Bonchev–Trinajstić information content (AvgIpc) is 2.46. The molecule has 13 heavy (non-hydrogen) atoms. The standard InChI is InChI=1S/C9H8N4/c1-7-2-3-8-9(6-7)12-13(11-8)5-4-10/h2-3,6H,5H2,1H3. The molecular weight excluding hydrogens is 164 g/mol. The molecule has 0 atom stereocenters. The molecule has 0 aliphatic heterocycles. The van der Waals surface area contributed by atoms with Gasteiger partial charge in [0.15, 0.2) is 0 Å². The van der Waals surface area contributed by atoms with Crippen molar-refractivity contribution in [3.63, 3.8) is 0 Å². The lowest BCUT2D eigenvalue weighted by atomic mass is 10.2. The third kappa shape index (κ3) is 1.36. The Kier molecular flexibility index (Phi) is 1.71. The molecule has 4 heteroatoms. The highest BCUT2D eigenvalue weighted by atomic mass is 15.5. The van der Waals surface area contributed by atoms with Crippen LogP contribution in [0.25, 0.3) is 11.0 Å². The van der Waals surface area contributed by atoms with Gasteiger partial charge in [0.05, 0.1) is 6.07 Å². The van der Waals surface area contributed by atoms with E-state index in [4.69, 9.17) is 5.26 Å². The Balaban J connectivity index is 2.57. The molecular formula is C9H8N4. The van der Waals surface area contributed by atoms with Gasteiger partial charge in [-0.2, -0.15) is 20.3 Å². The molecule has 1 heterocycles. The summed E-state index contributed by atoms with van der Waals surface area (Å²) in [5.74, 6) is 0. The van der Waals surface area contributed by atoms with Gasteiger partial charge in [-0.1, -0.05) is 6.07 Å². The van der Waals surface area contributed by atoms with Crippen LogP contribution in [0.15, 0.2) is 18.2 Å². The summed E-state index contributed by atoms with van der Waals surface area (Å²) in [5.41, 5.74) is 2.83. The van der Waals surface area contributed by atoms with Gasteiger partial charge in [0, 0.05) is 0 Å². The Bertz CT molecular complexity index is 478. The Morgan fingerprint density at radius 1 is 1.38 bits per heavy atom. The highest BCUT2D eigenvalue weighted by molar-refractivity contribution is 5.74. The summed E-state index contributed by atoms with van der Waals surface area (Å²) < 4.78 is 0. The summed E-state index contributed by atoms with van der Waals surface area (Å²) in [7, 11) is 0. The van der Waals surface area contributed by atoms with Crippen LogP contribution < -0.4 is 0 Å². The zero-order chi connectivity index (χ0) is 9.26. The Hall–Kier alpha value is -1.89. The fourth-order valence-electron chi connectivity index (χ4n) is 1.20. The van der Waals surface area contributed by atoms with Crippen molar-refractivity contribution in [2.75, 3.05) is 0 Å². The van der Waals surface area contributed by atoms with E-state index >= 15 is 0 Å². The normalized spacial score (nSPS) is 10.2. The second-order valence-electron chi connectivity index (χ2n) is 2.88. The maximum absolute atomic E-state index is 8.45. The van der Waals surface area contributed by atoms with E-state index < -0.39 is 0 Å². The van der Waals surface area contributed by atoms with Gasteiger partial charge < -0.3 is 0 Å². The van der Waals surface area contributed by atoms with Crippen molar-refractivity contribution >= 4 is 11.0 Å². The first-order valence-corrected chi connectivity index (χ1v) is 3.98. The smallest absolute Gasteiger partial charge is 0.147 e. The van der Waals surface area contributed by atoms with Crippen LogP contribution in [0.3, 0.4) is 0 Å². The lowest BCUT2D eigenvalue weighted by molar-refractivity contribution is 0.618. The number of hydrogen-bond acceptors (Lipinski definition) is 3. The molecule has 0 fully saturated rings. The molecule has 0 amide bonds. The summed E-state index contributed by atoms with van der Waals surface area (Å²) in [6, 6.07) is 7.84. The number of nitriles is 1. The van der Waals surface area contributed by atoms with E-state index in [1.54, 1.807) is 0 Å². The SMILES string of the molecule is Cc1ccc2nn(CC#N)nc2c1. The number of hydrogen-bond donors (Lipinski definition) is 0. The largest absolute Gasteiger partial charge is 0.196 e. The predicted octanol–water partition coefficient (Wildman–Crippen LogP) is 1.26. The molecule has 0 unspecified atom stereocenters. The molecule has 1 aromatic heterocycles. The zero-order valence-corrected chi connectivity index (χ0v) is 7.23. The number of aryl methyl sites for hydroxylation is 1. The summed E-state index contributed by atoms with van der Waals surface area (Å²) in [6.07, 6.45) is 0. The van der Waals surface area contributed by atoms with E-state index in [1.807, 2.05) is 31.2 Å². The third-order valence-corrected chi connectivity index (χ3v) is 1.79. The van der Waals surface area contributed by atoms with Gasteiger partial charge >= 0.3 is 0 Å². The van der Waals surface area contributed by atoms with Gasteiger partial charge in [-0.05, 0) is 24.6 Å². The van der Waals surface area contributed by atoms with Crippen molar-refractivity contribution in [1.29, 1.82) is 5.26 Å². The first-order chi connectivity index (χ1) is 6.29. The summed E-state index contributed by atoms with van der Waals surface area (Å²) in [5, 5.41) is 16.7. The number of fused-ring (bicyclic) bond motifs is 1. The first-order valence-electron chi connectivity index (χ1n) is 3.98. The first kappa shape index (κ1) is 7.74. The number of benzene rings is 1. The molecule has 0 aliphatic carbocycles. The molecule has 1 aromatic carbocycles. The van der Waals surface area contributed by atoms with Gasteiger partial charge in [-0.25, -0.2) is 0 Å². The Labute approximate surface area is 75.4 Å². The van der Waals surface area contributed by atoms with Crippen molar-refractivity contribution in [2.24, 2.45) is 0 Å². The monoisotopic (exact) mass is 172 g/mol. The van der Waals surface area contributed by atoms with Gasteiger partial charge in [0.1, 0.15) is 17.6 Å². The molecule has 0 saturated carbocycles. The maximum Gasteiger partial charge on any atom is 0.147 e. The zero-order valence-electron chi connectivity index (χ0n) is 7.23. The summed E-state index contributed by atoms with van der Waals surface area (Å²) in [4.78, 5) is 1.41. The van der Waals surface area contributed by atoms with Crippen molar-refractivity contribution in [3.05, 3.63) is 23.8 Å².